The highest BCUT2D eigenvalue weighted by Gasteiger charge is 2.46. The molecule has 0 aromatic rings. The first-order valence-electron chi connectivity index (χ1n) is 9.42. The Morgan fingerprint density at radius 1 is 0.840 bits per heavy atom. The van der Waals surface area contributed by atoms with Crippen LogP contribution in [0.2, 0.25) is 0 Å². The van der Waals surface area contributed by atoms with Gasteiger partial charge in [0.15, 0.2) is 0 Å². The molecule has 2 aliphatic heterocycles. The van der Waals surface area contributed by atoms with Crippen LogP contribution in [-0.2, 0) is 10.0 Å². The first-order valence-corrected chi connectivity index (χ1v) is 10.9. The van der Waals surface area contributed by atoms with Crippen LogP contribution in [0.1, 0.15) is 44.9 Å². The fraction of sp³-hybridized carbons (Fsp3) is 1.00. The highest BCUT2D eigenvalue weighted by Crippen LogP contribution is 2.41. The number of hydrogen-bond donors (Lipinski definition) is 0. The minimum absolute atomic E-state index is 0.0559. The van der Waals surface area contributed by atoms with Crippen LogP contribution in [0.15, 0.2) is 0 Å². The fourth-order valence-corrected chi connectivity index (χ4v) is 6.82. The molecule has 0 N–H and O–H groups in total. The smallest absolute Gasteiger partial charge is 0.306 e. The second-order valence-corrected chi connectivity index (χ2v) is 10.3. The number of hydrogen-bond acceptors (Lipinski definition) is 3. The summed E-state index contributed by atoms with van der Waals surface area (Å²) in [7, 11) is -1.35. The molecule has 1 saturated carbocycles. The highest BCUT2D eigenvalue weighted by atomic mass is 32.2. The van der Waals surface area contributed by atoms with Crippen molar-refractivity contribution in [1.82, 2.24) is 9.21 Å². The predicted octanol–water partition coefficient (Wildman–Crippen LogP) is 3.10. The normalized spacial score (nSPS) is 34.5. The number of likely N-dealkylation sites (tertiary alicyclic amines) is 1. The van der Waals surface area contributed by atoms with E-state index in [2.05, 4.69) is 11.9 Å². The Hall–Kier alpha value is -0.340. The molecule has 3 fully saturated rings. The third-order valence-corrected chi connectivity index (χ3v) is 8.90. The van der Waals surface area contributed by atoms with E-state index in [1.54, 1.807) is 4.31 Å². The van der Waals surface area contributed by atoms with Gasteiger partial charge in [0, 0.05) is 13.1 Å². The van der Waals surface area contributed by atoms with Crippen molar-refractivity contribution < 1.29 is 21.6 Å². The minimum Gasteiger partial charge on any atom is -0.306 e. The summed E-state index contributed by atoms with van der Waals surface area (Å²) in [6.07, 6.45) is -0.895. The summed E-state index contributed by atoms with van der Waals surface area (Å²) < 4.78 is 65.7. The lowest BCUT2D eigenvalue weighted by Crippen LogP contribution is -2.41. The van der Waals surface area contributed by atoms with Crippen molar-refractivity contribution >= 4 is 10.0 Å². The zero-order chi connectivity index (χ0) is 18.2. The molecule has 3 rings (SSSR count). The Labute approximate surface area is 148 Å². The average molecular weight is 382 g/mol. The van der Waals surface area contributed by atoms with Crippen LogP contribution in [0.3, 0.4) is 0 Å². The molecule has 4 nitrogen and oxygen atoms in total. The van der Waals surface area contributed by atoms with Crippen molar-refractivity contribution in [2.45, 2.75) is 56.4 Å². The molecule has 1 aliphatic carbocycles. The Kier molecular flexibility index (Phi) is 5.71. The highest BCUT2D eigenvalue weighted by molar-refractivity contribution is 7.89. The molecule has 1 unspecified atom stereocenters. The lowest BCUT2D eigenvalue weighted by Gasteiger charge is -2.33. The summed E-state index contributed by atoms with van der Waals surface area (Å²) in [5.41, 5.74) is 0. The molecule has 0 aromatic heterocycles. The van der Waals surface area contributed by atoms with Gasteiger partial charge in [-0.05, 0) is 76.9 Å². The summed E-state index contributed by atoms with van der Waals surface area (Å²) >= 11 is 0. The molecule has 2 heterocycles. The van der Waals surface area contributed by atoms with Crippen LogP contribution in [0.4, 0.5) is 13.2 Å². The van der Waals surface area contributed by atoms with E-state index < -0.39 is 27.4 Å². The molecule has 0 spiro atoms. The first kappa shape index (κ1) is 19.4. The van der Waals surface area contributed by atoms with Gasteiger partial charge in [-0.3, -0.25) is 0 Å². The van der Waals surface area contributed by atoms with Gasteiger partial charge in [0.05, 0.1) is 11.2 Å². The van der Waals surface area contributed by atoms with E-state index in [9.17, 15) is 21.6 Å². The van der Waals surface area contributed by atoms with Gasteiger partial charge in [0.2, 0.25) is 10.0 Å². The maximum Gasteiger partial charge on any atom is 0.391 e. The Morgan fingerprint density at radius 2 is 1.40 bits per heavy atom. The molecule has 0 bridgehead atoms. The first-order chi connectivity index (χ1) is 11.7. The van der Waals surface area contributed by atoms with E-state index in [-0.39, 0.29) is 25.7 Å². The predicted molar refractivity (Wildman–Crippen MR) is 90.6 cm³/mol. The number of piperidine rings is 1. The largest absolute Gasteiger partial charge is 0.391 e. The van der Waals surface area contributed by atoms with Crippen LogP contribution < -0.4 is 0 Å². The van der Waals surface area contributed by atoms with Crippen LogP contribution in [0.25, 0.3) is 0 Å². The Morgan fingerprint density at radius 3 is 1.96 bits per heavy atom. The molecule has 0 radical (unpaired) electrons. The number of rotatable bonds is 3. The molecule has 8 heteroatoms. The van der Waals surface area contributed by atoms with Gasteiger partial charge in [0.1, 0.15) is 0 Å². The second-order valence-electron chi connectivity index (χ2n) is 8.11. The summed E-state index contributed by atoms with van der Waals surface area (Å²) in [6, 6.07) is 0. The molecule has 0 amide bonds. The van der Waals surface area contributed by atoms with E-state index in [4.69, 9.17) is 0 Å². The molecule has 25 heavy (non-hydrogen) atoms. The van der Waals surface area contributed by atoms with Crippen molar-refractivity contribution in [3.05, 3.63) is 0 Å². The SMILES string of the molecule is CN1CCC(C2CCN(S(=O)(=O)C3CCC(C(F)(F)F)CC3)C2)CC1. The standard InChI is InChI=1S/C17H29F3N2O2S/c1-21-9-6-13(7-10-21)14-8-11-22(12-14)25(23,24)16-4-2-15(3-5-16)17(18,19)20/h13-16H,2-12H2,1H3. The Bertz CT molecular complexity index is 551. The average Bonchev–Trinajstić information content (AvgIpc) is 3.05. The third kappa shape index (κ3) is 4.33. The summed E-state index contributed by atoms with van der Waals surface area (Å²) in [5.74, 6) is -0.336. The molecule has 146 valence electrons. The number of halogens is 3. The zero-order valence-electron chi connectivity index (χ0n) is 14.8. The van der Waals surface area contributed by atoms with E-state index in [0.29, 0.717) is 24.9 Å². The second kappa shape index (κ2) is 7.35. The van der Waals surface area contributed by atoms with Crippen molar-refractivity contribution in [3.63, 3.8) is 0 Å². The van der Waals surface area contributed by atoms with Crippen LogP contribution in [-0.4, -0.2) is 62.3 Å². The Balaban J connectivity index is 1.55. The van der Waals surface area contributed by atoms with Gasteiger partial charge in [-0.1, -0.05) is 0 Å². The van der Waals surface area contributed by atoms with E-state index in [0.717, 1.165) is 32.4 Å². The van der Waals surface area contributed by atoms with Crippen molar-refractivity contribution in [2.24, 2.45) is 17.8 Å². The summed E-state index contributed by atoms with van der Waals surface area (Å²) in [6.45, 7) is 3.24. The molecule has 2 saturated heterocycles. The lowest BCUT2D eigenvalue weighted by molar-refractivity contribution is -0.181. The van der Waals surface area contributed by atoms with Crippen molar-refractivity contribution in [2.75, 3.05) is 33.2 Å². The molecular formula is C17H29F3N2O2S. The van der Waals surface area contributed by atoms with Gasteiger partial charge in [-0.2, -0.15) is 13.2 Å². The van der Waals surface area contributed by atoms with Crippen LogP contribution >= 0.6 is 0 Å². The van der Waals surface area contributed by atoms with Crippen molar-refractivity contribution in [3.8, 4) is 0 Å². The number of alkyl halides is 3. The third-order valence-electron chi connectivity index (χ3n) is 6.54. The van der Waals surface area contributed by atoms with E-state index >= 15 is 0 Å². The molecule has 3 aliphatic rings. The molecule has 1 atom stereocenters. The summed E-state index contributed by atoms with van der Waals surface area (Å²) in [5, 5.41) is -0.623. The monoisotopic (exact) mass is 382 g/mol. The maximum atomic E-state index is 12.9. The lowest BCUT2D eigenvalue weighted by atomic mass is 9.84. The number of sulfonamides is 1. The topological polar surface area (TPSA) is 40.6 Å². The van der Waals surface area contributed by atoms with Gasteiger partial charge < -0.3 is 4.90 Å². The quantitative estimate of drug-likeness (QED) is 0.753. The van der Waals surface area contributed by atoms with E-state index in [1.807, 2.05) is 0 Å². The van der Waals surface area contributed by atoms with Gasteiger partial charge in [-0.25, -0.2) is 12.7 Å². The molecule has 0 aromatic carbocycles. The van der Waals surface area contributed by atoms with Crippen LogP contribution in [0.5, 0.6) is 0 Å². The van der Waals surface area contributed by atoms with Gasteiger partial charge in [0.25, 0.3) is 0 Å². The van der Waals surface area contributed by atoms with Crippen LogP contribution in [0, 0.1) is 17.8 Å². The zero-order valence-corrected chi connectivity index (χ0v) is 15.7. The maximum absolute atomic E-state index is 12.9. The minimum atomic E-state index is -4.19. The molecular weight excluding hydrogens is 353 g/mol. The van der Waals surface area contributed by atoms with Gasteiger partial charge in [-0.15, -0.1) is 0 Å². The van der Waals surface area contributed by atoms with E-state index in [1.165, 1.54) is 0 Å². The van der Waals surface area contributed by atoms with Gasteiger partial charge >= 0.3 is 6.18 Å². The number of nitrogens with zero attached hydrogens (tertiary/aromatic N) is 2. The fourth-order valence-electron chi connectivity index (χ4n) is 4.77. The summed E-state index contributed by atoms with van der Waals surface area (Å²) in [4.78, 5) is 2.30. The van der Waals surface area contributed by atoms with Crippen molar-refractivity contribution in [1.29, 1.82) is 0 Å².